The van der Waals surface area contributed by atoms with Crippen LogP contribution < -0.4 is 5.73 Å². The third kappa shape index (κ3) is 3.44. The van der Waals surface area contributed by atoms with Gasteiger partial charge in [-0.3, -0.25) is 4.90 Å². The lowest BCUT2D eigenvalue weighted by Gasteiger charge is -2.29. The highest BCUT2D eigenvalue weighted by Crippen LogP contribution is 2.36. The molecule has 0 spiro atoms. The second-order valence-electron chi connectivity index (χ2n) is 7.09. The fourth-order valence-electron chi connectivity index (χ4n) is 4.42. The third-order valence-corrected chi connectivity index (χ3v) is 5.45. The van der Waals surface area contributed by atoms with Gasteiger partial charge in [0.05, 0.1) is 0 Å². The molecule has 1 saturated carbocycles. The molecule has 0 aromatic heterocycles. The lowest BCUT2D eigenvalue weighted by atomic mass is 9.78. The average molecular weight is 309 g/mol. The van der Waals surface area contributed by atoms with Crippen LogP contribution in [0.25, 0.3) is 0 Å². The summed E-state index contributed by atoms with van der Waals surface area (Å²) in [5.41, 5.74) is 12.1. The molecular formula is C18H29ClN2. The molecule has 0 radical (unpaired) electrons. The first kappa shape index (κ1) is 16.8. The number of benzene rings is 1. The molecule has 3 heteroatoms. The van der Waals surface area contributed by atoms with Crippen molar-refractivity contribution < 1.29 is 0 Å². The number of nitrogens with zero attached hydrogens (tertiary/aromatic N) is 1. The SMILES string of the molecule is Cc1cc(C)c(CN2CC3CCCC(N)C3C2)c(C)c1.Cl. The van der Waals surface area contributed by atoms with E-state index in [9.17, 15) is 0 Å². The van der Waals surface area contributed by atoms with Crippen LogP contribution in [-0.2, 0) is 6.54 Å². The van der Waals surface area contributed by atoms with Gasteiger partial charge in [0.25, 0.3) is 0 Å². The predicted molar refractivity (Wildman–Crippen MR) is 92.0 cm³/mol. The maximum atomic E-state index is 6.33. The van der Waals surface area contributed by atoms with Gasteiger partial charge in [-0.25, -0.2) is 0 Å². The Labute approximate surface area is 135 Å². The molecule has 2 nitrogen and oxygen atoms in total. The Kier molecular flexibility index (Phi) is 5.34. The van der Waals surface area contributed by atoms with Gasteiger partial charge in [0.2, 0.25) is 0 Å². The smallest absolute Gasteiger partial charge is 0.0239 e. The number of aryl methyl sites for hydroxylation is 3. The fraction of sp³-hybridized carbons (Fsp3) is 0.667. The Morgan fingerprint density at radius 3 is 2.38 bits per heavy atom. The van der Waals surface area contributed by atoms with Crippen molar-refractivity contribution >= 4 is 12.4 Å². The van der Waals surface area contributed by atoms with Crippen molar-refractivity contribution in [1.82, 2.24) is 4.90 Å². The van der Waals surface area contributed by atoms with Gasteiger partial charge in [-0.1, -0.05) is 24.1 Å². The average Bonchev–Trinajstić information content (AvgIpc) is 2.78. The summed E-state index contributed by atoms with van der Waals surface area (Å²) in [4.78, 5) is 2.64. The van der Waals surface area contributed by atoms with Crippen LogP contribution in [0.15, 0.2) is 12.1 Å². The normalized spacial score (nSPS) is 29.0. The molecule has 21 heavy (non-hydrogen) atoms. The zero-order valence-corrected chi connectivity index (χ0v) is 14.4. The molecule has 3 unspecified atom stereocenters. The molecule has 1 aromatic rings. The van der Waals surface area contributed by atoms with E-state index in [0.717, 1.165) is 18.4 Å². The van der Waals surface area contributed by atoms with Crippen molar-refractivity contribution in [2.45, 2.75) is 52.6 Å². The Balaban J connectivity index is 0.00000161. The van der Waals surface area contributed by atoms with Crippen LogP contribution in [0.2, 0.25) is 0 Å². The van der Waals surface area contributed by atoms with Gasteiger partial charge in [-0.2, -0.15) is 0 Å². The quantitative estimate of drug-likeness (QED) is 0.904. The molecule has 1 heterocycles. The summed E-state index contributed by atoms with van der Waals surface area (Å²) in [7, 11) is 0. The van der Waals surface area contributed by atoms with Crippen LogP contribution in [0.1, 0.15) is 41.5 Å². The van der Waals surface area contributed by atoms with Gasteiger partial charge in [0.15, 0.2) is 0 Å². The largest absolute Gasteiger partial charge is 0.327 e. The van der Waals surface area contributed by atoms with Gasteiger partial charge < -0.3 is 5.73 Å². The number of rotatable bonds is 2. The highest BCUT2D eigenvalue weighted by molar-refractivity contribution is 5.85. The van der Waals surface area contributed by atoms with Crippen LogP contribution in [0, 0.1) is 32.6 Å². The van der Waals surface area contributed by atoms with Gasteiger partial charge in [-0.15, -0.1) is 12.4 Å². The number of nitrogens with two attached hydrogens (primary N) is 1. The predicted octanol–water partition coefficient (Wildman–Crippen LogP) is 3.59. The first-order valence-electron chi connectivity index (χ1n) is 8.09. The first-order valence-corrected chi connectivity index (χ1v) is 8.09. The Morgan fingerprint density at radius 1 is 1.10 bits per heavy atom. The molecule has 118 valence electrons. The highest BCUT2D eigenvalue weighted by Gasteiger charge is 2.38. The summed E-state index contributed by atoms with van der Waals surface area (Å²) < 4.78 is 0. The molecular weight excluding hydrogens is 280 g/mol. The number of hydrogen-bond acceptors (Lipinski definition) is 2. The van der Waals surface area contributed by atoms with Crippen molar-refractivity contribution in [1.29, 1.82) is 0 Å². The van der Waals surface area contributed by atoms with Crippen molar-refractivity contribution in [3.8, 4) is 0 Å². The van der Waals surface area contributed by atoms with E-state index in [1.807, 2.05) is 0 Å². The first-order chi connectivity index (χ1) is 9.54. The molecule has 1 saturated heterocycles. The maximum Gasteiger partial charge on any atom is 0.0239 e. The minimum Gasteiger partial charge on any atom is -0.327 e. The Bertz CT molecular complexity index is 477. The van der Waals surface area contributed by atoms with Gasteiger partial charge in [0.1, 0.15) is 0 Å². The standard InChI is InChI=1S/C18H28N2.ClH/c1-12-7-13(2)16(14(3)8-12)10-20-9-15-5-4-6-18(19)17(15)11-20;/h7-8,15,17-18H,4-6,9-11,19H2,1-3H3;1H. The summed E-state index contributed by atoms with van der Waals surface area (Å²) >= 11 is 0. The number of halogens is 1. The molecule has 0 amide bonds. The molecule has 2 fully saturated rings. The monoisotopic (exact) mass is 308 g/mol. The van der Waals surface area contributed by atoms with Crippen molar-refractivity contribution in [2.24, 2.45) is 17.6 Å². The molecule has 1 aliphatic heterocycles. The van der Waals surface area contributed by atoms with Gasteiger partial charge in [-0.05, 0) is 62.1 Å². The van der Waals surface area contributed by atoms with E-state index in [2.05, 4.69) is 37.8 Å². The highest BCUT2D eigenvalue weighted by atomic mass is 35.5. The minimum atomic E-state index is 0. The lowest BCUT2D eigenvalue weighted by Crippen LogP contribution is -2.38. The van der Waals surface area contributed by atoms with Crippen molar-refractivity contribution in [3.63, 3.8) is 0 Å². The van der Waals surface area contributed by atoms with E-state index < -0.39 is 0 Å². The van der Waals surface area contributed by atoms with Gasteiger partial charge >= 0.3 is 0 Å². The van der Waals surface area contributed by atoms with Gasteiger partial charge in [0, 0.05) is 25.7 Å². The number of fused-ring (bicyclic) bond motifs is 1. The van der Waals surface area contributed by atoms with Crippen LogP contribution in [0.5, 0.6) is 0 Å². The van der Waals surface area contributed by atoms with Crippen LogP contribution >= 0.6 is 12.4 Å². The van der Waals surface area contributed by atoms with Crippen molar-refractivity contribution in [2.75, 3.05) is 13.1 Å². The second-order valence-corrected chi connectivity index (χ2v) is 7.09. The summed E-state index contributed by atoms with van der Waals surface area (Å²) in [5, 5.41) is 0. The third-order valence-electron chi connectivity index (χ3n) is 5.45. The van der Waals surface area contributed by atoms with Crippen LogP contribution in [0.4, 0.5) is 0 Å². The maximum absolute atomic E-state index is 6.33. The molecule has 2 aliphatic rings. The van der Waals surface area contributed by atoms with E-state index in [4.69, 9.17) is 5.73 Å². The summed E-state index contributed by atoms with van der Waals surface area (Å²) in [6.45, 7) is 10.3. The topological polar surface area (TPSA) is 29.3 Å². The Hall–Kier alpha value is -0.570. The summed E-state index contributed by atoms with van der Waals surface area (Å²) in [6.07, 6.45) is 3.96. The number of hydrogen-bond donors (Lipinski definition) is 1. The minimum absolute atomic E-state index is 0. The molecule has 0 bridgehead atoms. The molecule has 1 aliphatic carbocycles. The summed E-state index contributed by atoms with van der Waals surface area (Å²) in [6, 6.07) is 5.08. The summed E-state index contributed by atoms with van der Waals surface area (Å²) in [5.74, 6) is 1.60. The Morgan fingerprint density at radius 2 is 1.76 bits per heavy atom. The molecule has 3 atom stereocenters. The molecule has 1 aromatic carbocycles. The van der Waals surface area contributed by atoms with E-state index in [-0.39, 0.29) is 12.4 Å². The zero-order valence-electron chi connectivity index (χ0n) is 13.6. The van der Waals surface area contributed by atoms with Crippen LogP contribution in [-0.4, -0.2) is 24.0 Å². The zero-order chi connectivity index (χ0) is 14.3. The molecule has 3 rings (SSSR count). The second kappa shape index (κ2) is 6.68. The number of likely N-dealkylation sites (tertiary alicyclic amines) is 1. The fourth-order valence-corrected chi connectivity index (χ4v) is 4.42. The molecule has 2 N–H and O–H groups in total. The lowest BCUT2D eigenvalue weighted by molar-refractivity contribution is 0.259. The van der Waals surface area contributed by atoms with E-state index >= 15 is 0 Å². The van der Waals surface area contributed by atoms with E-state index in [1.54, 1.807) is 0 Å². The van der Waals surface area contributed by atoms with Crippen LogP contribution in [0.3, 0.4) is 0 Å². The van der Waals surface area contributed by atoms with Crippen molar-refractivity contribution in [3.05, 3.63) is 34.4 Å². The van der Waals surface area contributed by atoms with E-state index in [1.165, 1.54) is 54.6 Å². The van der Waals surface area contributed by atoms with E-state index in [0.29, 0.717) is 6.04 Å².